The predicted octanol–water partition coefficient (Wildman–Crippen LogP) is 4.25. The average Bonchev–Trinajstić information content (AvgIpc) is 2.41. The molecule has 1 N–H and O–H groups in total. The van der Waals surface area contributed by atoms with Crippen LogP contribution in [0.3, 0.4) is 0 Å². The zero-order chi connectivity index (χ0) is 13.8. The summed E-state index contributed by atoms with van der Waals surface area (Å²) >= 11 is 6.85. The molecule has 1 heterocycles. The normalized spacial score (nSPS) is 12.4. The van der Waals surface area contributed by atoms with Gasteiger partial charge >= 0.3 is 0 Å². The maximum atomic E-state index is 13.8. The molecule has 0 aliphatic carbocycles. The summed E-state index contributed by atoms with van der Waals surface area (Å²) in [6, 6.07) is 8.73. The molecule has 5 heteroatoms. The van der Waals surface area contributed by atoms with Gasteiger partial charge in [0.2, 0.25) is 0 Å². The summed E-state index contributed by atoms with van der Waals surface area (Å²) in [5, 5.41) is 3.18. The third-order valence-corrected chi connectivity index (χ3v) is 4.06. The molecule has 0 saturated carbocycles. The highest BCUT2D eigenvalue weighted by molar-refractivity contribution is 9.10. The number of rotatable bonds is 4. The van der Waals surface area contributed by atoms with E-state index in [2.05, 4.69) is 42.2 Å². The van der Waals surface area contributed by atoms with E-state index in [9.17, 15) is 4.39 Å². The summed E-state index contributed by atoms with van der Waals surface area (Å²) in [7, 11) is 1.85. The molecule has 1 aromatic carbocycles. The van der Waals surface area contributed by atoms with Crippen LogP contribution in [0.1, 0.15) is 17.3 Å². The highest BCUT2D eigenvalue weighted by Crippen LogP contribution is 2.26. The lowest BCUT2D eigenvalue weighted by Gasteiger charge is -2.17. The Hall–Kier alpha value is -0.780. The van der Waals surface area contributed by atoms with E-state index in [4.69, 9.17) is 0 Å². The highest BCUT2D eigenvalue weighted by atomic mass is 79.9. The van der Waals surface area contributed by atoms with Gasteiger partial charge in [-0.25, -0.2) is 4.39 Å². The molecule has 0 spiro atoms. The Balaban J connectivity index is 2.29. The molecule has 2 rings (SSSR count). The Bertz CT molecular complexity index is 575. The first-order valence-electron chi connectivity index (χ1n) is 5.83. The van der Waals surface area contributed by atoms with Gasteiger partial charge < -0.3 is 5.32 Å². The van der Waals surface area contributed by atoms with E-state index < -0.39 is 0 Å². The lowest BCUT2D eigenvalue weighted by Crippen LogP contribution is -2.21. The van der Waals surface area contributed by atoms with Crippen molar-refractivity contribution in [2.75, 3.05) is 7.05 Å². The molecule has 1 atom stereocenters. The number of nitrogens with zero attached hydrogens (tertiary/aromatic N) is 1. The third kappa shape index (κ3) is 3.61. The quantitative estimate of drug-likeness (QED) is 0.848. The zero-order valence-corrected chi connectivity index (χ0v) is 13.5. The molecule has 1 aromatic heterocycles. The van der Waals surface area contributed by atoms with Crippen molar-refractivity contribution in [3.63, 3.8) is 0 Å². The largest absolute Gasteiger partial charge is 0.311 e. The number of aromatic nitrogens is 1. The lowest BCUT2D eigenvalue weighted by atomic mass is 10.0. The van der Waals surface area contributed by atoms with Crippen LogP contribution in [-0.4, -0.2) is 12.0 Å². The smallest absolute Gasteiger partial charge is 0.126 e. The molecule has 0 radical (unpaired) electrons. The van der Waals surface area contributed by atoms with Crippen LogP contribution in [0.5, 0.6) is 0 Å². The van der Waals surface area contributed by atoms with Crippen molar-refractivity contribution in [1.82, 2.24) is 10.3 Å². The van der Waals surface area contributed by atoms with Crippen molar-refractivity contribution < 1.29 is 4.39 Å². The van der Waals surface area contributed by atoms with Crippen molar-refractivity contribution in [2.24, 2.45) is 0 Å². The second-order valence-electron chi connectivity index (χ2n) is 4.15. The Morgan fingerprint density at radius 3 is 2.79 bits per heavy atom. The number of pyridine rings is 1. The minimum Gasteiger partial charge on any atom is -0.311 e. The van der Waals surface area contributed by atoms with Gasteiger partial charge in [0.05, 0.1) is 11.7 Å². The van der Waals surface area contributed by atoms with Crippen LogP contribution in [-0.2, 0) is 6.42 Å². The van der Waals surface area contributed by atoms with E-state index >= 15 is 0 Å². The Morgan fingerprint density at radius 1 is 1.32 bits per heavy atom. The van der Waals surface area contributed by atoms with Crippen molar-refractivity contribution in [1.29, 1.82) is 0 Å². The van der Waals surface area contributed by atoms with Crippen LogP contribution in [0.4, 0.5) is 4.39 Å². The molecule has 100 valence electrons. The number of halogens is 3. The molecule has 0 fully saturated rings. The van der Waals surface area contributed by atoms with Gasteiger partial charge in [-0.05, 0) is 65.3 Å². The number of likely N-dealkylation sites (N-methyl/N-ethyl adjacent to an activating group) is 1. The van der Waals surface area contributed by atoms with Gasteiger partial charge in [0.25, 0.3) is 0 Å². The molecule has 0 aliphatic heterocycles. The highest BCUT2D eigenvalue weighted by Gasteiger charge is 2.16. The van der Waals surface area contributed by atoms with Gasteiger partial charge in [0.1, 0.15) is 5.82 Å². The van der Waals surface area contributed by atoms with E-state index in [1.165, 1.54) is 6.07 Å². The second-order valence-corrected chi connectivity index (χ2v) is 5.92. The maximum absolute atomic E-state index is 13.8. The summed E-state index contributed by atoms with van der Waals surface area (Å²) in [4.78, 5) is 4.35. The summed E-state index contributed by atoms with van der Waals surface area (Å²) in [6.45, 7) is 0. The SMILES string of the molecule is CNC(Cc1cc(Br)ccc1F)c1ncccc1Br. The number of hydrogen-bond donors (Lipinski definition) is 1. The summed E-state index contributed by atoms with van der Waals surface area (Å²) < 4.78 is 15.6. The first-order chi connectivity index (χ1) is 9.11. The molecular formula is C14H13Br2FN2. The topological polar surface area (TPSA) is 24.9 Å². The van der Waals surface area contributed by atoms with Crippen molar-refractivity contribution in [3.05, 3.63) is 62.5 Å². The lowest BCUT2D eigenvalue weighted by molar-refractivity contribution is 0.543. The van der Waals surface area contributed by atoms with Crippen LogP contribution < -0.4 is 5.32 Å². The van der Waals surface area contributed by atoms with Crippen molar-refractivity contribution in [2.45, 2.75) is 12.5 Å². The number of benzene rings is 1. The van der Waals surface area contributed by atoms with Gasteiger partial charge in [-0.15, -0.1) is 0 Å². The Kier molecular flexibility index (Phi) is 5.07. The first-order valence-corrected chi connectivity index (χ1v) is 7.42. The maximum Gasteiger partial charge on any atom is 0.126 e. The molecule has 0 aliphatic rings. The molecule has 2 aromatic rings. The van der Waals surface area contributed by atoms with Gasteiger partial charge in [0.15, 0.2) is 0 Å². The van der Waals surface area contributed by atoms with E-state index in [-0.39, 0.29) is 11.9 Å². The summed E-state index contributed by atoms with van der Waals surface area (Å²) in [5.41, 5.74) is 1.54. The Labute approximate surface area is 128 Å². The van der Waals surface area contributed by atoms with Crippen LogP contribution in [0.15, 0.2) is 45.5 Å². The average molecular weight is 388 g/mol. The second kappa shape index (κ2) is 6.59. The predicted molar refractivity (Wildman–Crippen MR) is 81.5 cm³/mol. The van der Waals surface area contributed by atoms with E-state index in [1.54, 1.807) is 18.3 Å². The Morgan fingerprint density at radius 2 is 2.11 bits per heavy atom. The number of nitrogens with one attached hydrogen (secondary N) is 1. The van der Waals surface area contributed by atoms with E-state index in [0.29, 0.717) is 12.0 Å². The fourth-order valence-electron chi connectivity index (χ4n) is 1.91. The fraction of sp³-hybridized carbons (Fsp3) is 0.214. The van der Waals surface area contributed by atoms with Crippen LogP contribution >= 0.6 is 31.9 Å². The molecule has 0 saturated heterocycles. The van der Waals surface area contributed by atoms with E-state index in [1.807, 2.05) is 19.2 Å². The van der Waals surface area contributed by atoms with Gasteiger partial charge in [-0.3, -0.25) is 4.98 Å². The minimum absolute atomic E-state index is 0.0422. The number of hydrogen-bond acceptors (Lipinski definition) is 2. The molecule has 19 heavy (non-hydrogen) atoms. The van der Waals surface area contributed by atoms with Crippen LogP contribution in [0.2, 0.25) is 0 Å². The van der Waals surface area contributed by atoms with E-state index in [0.717, 1.165) is 14.6 Å². The molecular weight excluding hydrogens is 375 g/mol. The fourth-order valence-corrected chi connectivity index (χ4v) is 2.85. The van der Waals surface area contributed by atoms with Gasteiger partial charge in [-0.1, -0.05) is 15.9 Å². The zero-order valence-electron chi connectivity index (χ0n) is 10.3. The van der Waals surface area contributed by atoms with Gasteiger partial charge in [0, 0.05) is 15.1 Å². The summed E-state index contributed by atoms with van der Waals surface area (Å²) in [6.07, 6.45) is 2.28. The molecule has 2 nitrogen and oxygen atoms in total. The van der Waals surface area contributed by atoms with Crippen molar-refractivity contribution in [3.8, 4) is 0 Å². The monoisotopic (exact) mass is 386 g/mol. The first kappa shape index (κ1) is 14.6. The minimum atomic E-state index is -0.199. The van der Waals surface area contributed by atoms with Gasteiger partial charge in [-0.2, -0.15) is 0 Å². The van der Waals surface area contributed by atoms with Crippen LogP contribution in [0, 0.1) is 5.82 Å². The third-order valence-electron chi connectivity index (χ3n) is 2.90. The summed E-state index contributed by atoms with van der Waals surface area (Å²) in [5.74, 6) is -0.199. The van der Waals surface area contributed by atoms with Crippen LogP contribution in [0.25, 0.3) is 0 Å². The standard InChI is InChI=1S/C14H13Br2FN2/c1-18-13(14-11(16)3-2-6-19-14)8-9-7-10(15)4-5-12(9)17/h2-7,13,18H,8H2,1H3. The van der Waals surface area contributed by atoms with Crippen molar-refractivity contribution >= 4 is 31.9 Å². The molecule has 0 bridgehead atoms. The molecule has 0 amide bonds. The molecule has 1 unspecified atom stereocenters.